The summed E-state index contributed by atoms with van der Waals surface area (Å²) in [6.45, 7) is 2.71. The number of piperidine rings is 1. The van der Waals surface area contributed by atoms with E-state index in [1.54, 1.807) is 12.4 Å². The number of likely N-dealkylation sites (tertiary alicyclic amines) is 1. The smallest absolute Gasteiger partial charge is 0.255 e. The van der Waals surface area contributed by atoms with Gasteiger partial charge in [-0.3, -0.25) is 9.78 Å². The summed E-state index contributed by atoms with van der Waals surface area (Å²) in [6.07, 6.45) is 6.79. The van der Waals surface area contributed by atoms with Gasteiger partial charge in [0, 0.05) is 36.1 Å². The molecule has 3 rings (SSSR count). The van der Waals surface area contributed by atoms with Crippen molar-refractivity contribution in [1.82, 2.24) is 15.2 Å². The van der Waals surface area contributed by atoms with Gasteiger partial charge in [-0.1, -0.05) is 23.7 Å². The lowest BCUT2D eigenvalue weighted by Gasteiger charge is -2.32. The van der Waals surface area contributed by atoms with Crippen molar-refractivity contribution in [3.8, 4) is 11.1 Å². The van der Waals surface area contributed by atoms with Crippen molar-refractivity contribution in [3.63, 3.8) is 0 Å². The summed E-state index contributed by atoms with van der Waals surface area (Å²) in [4.78, 5) is 19.0. The zero-order valence-electron chi connectivity index (χ0n) is 15.4. The lowest BCUT2D eigenvalue weighted by atomic mass is 9.93. The highest BCUT2D eigenvalue weighted by atomic mass is 35.5. The Balaban J connectivity index is 0.00000182. The summed E-state index contributed by atoms with van der Waals surface area (Å²) in [5.41, 5.74) is 2.60. The van der Waals surface area contributed by atoms with Gasteiger partial charge >= 0.3 is 0 Å². The fourth-order valence-corrected chi connectivity index (χ4v) is 3.44. The molecule has 1 aromatic carbocycles. The SMILES string of the molecule is CNCCC1CCN(C(=O)c2cncc(-c3ccc(Cl)cc3)c2)CC1.Cl.Cl. The van der Waals surface area contributed by atoms with E-state index in [1.807, 2.05) is 42.3 Å². The molecule has 1 amide bonds. The van der Waals surface area contributed by atoms with Crippen LogP contribution in [0.4, 0.5) is 0 Å². The van der Waals surface area contributed by atoms with E-state index >= 15 is 0 Å². The van der Waals surface area contributed by atoms with Crippen LogP contribution < -0.4 is 5.32 Å². The first-order valence-corrected chi connectivity index (χ1v) is 9.20. The molecule has 2 heterocycles. The number of benzene rings is 1. The van der Waals surface area contributed by atoms with Gasteiger partial charge in [0.15, 0.2) is 0 Å². The fourth-order valence-electron chi connectivity index (χ4n) is 3.31. The van der Waals surface area contributed by atoms with E-state index < -0.39 is 0 Å². The van der Waals surface area contributed by atoms with Crippen LogP contribution in [-0.2, 0) is 0 Å². The molecule has 7 heteroatoms. The number of halogens is 3. The molecule has 1 fully saturated rings. The number of hydrogen-bond donors (Lipinski definition) is 1. The van der Waals surface area contributed by atoms with Crippen LogP contribution in [0.1, 0.15) is 29.6 Å². The lowest BCUT2D eigenvalue weighted by molar-refractivity contribution is 0.0687. The summed E-state index contributed by atoms with van der Waals surface area (Å²) in [6, 6.07) is 9.51. The van der Waals surface area contributed by atoms with Gasteiger partial charge in [-0.25, -0.2) is 0 Å². The number of amides is 1. The van der Waals surface area contributed by atoms with E-state index in [4.69, 9.17) is 11.6 Å². The van der Waals surface area contributed by atoms with Crippen molar-refractivity contribution in [2.75, 3.05) is 26.7 Å². The first-order valence-electron chi connectivity index (χ1n) is 8.82. The number of carbonyl (C=O) groups excluding carboxylic acids is 1. The Morgan fingerprint density at radius 2 is 1.81 bits per heavy atom. The van der Waals surface area contributed by atoms with Crippen LogP contribution in [0.15, 0.2) is 42.7 Å². The highest BCUT2D eigenvalue weighted by Crippen LogP contribution is 2.24. The normalized spacial score (nSPS) is 14.2. The molecule has 27 heavy (non-hydrogen) atoms. The Labute approximate surface area is 178 Å². The van der Waals surface area contributed by atoms with Gasteiger partial charge in [0.2, 0.25) is 0 Å². The van der Waals surface area contributed by atoms with E-state index in [0.717, 1.165) is 49.5 Å². The third kappa shape index (κ3) is 6.35. The standard InChI is InChI=1S/C20H24ClN3O.2ClH/c1-22-9-6-15-7-10-24(11-8-15)20(25)18-12-17(13-23-14-18)16-2-4-19(21)5-3-16;;/h2-5,12-15,22H,6-11H2,1H3;2*1H. The third-order valence-corrected chi connectivity index (χ3v) is 5.12. The van der Waals surface area contributed by atoms with Gasteiger partial charge in [0.25, 0.3) is 5.91 Å². The highest BCUT2D eigenvalue weighted by molar-refractivity contribution is 6.30. The minimum absolute atomic E-state index is 0. The number of nitrogens with one attached hydrogen (secondary N) is 1. The number of hydrogen-bond acceptors (Lipinski definition) is 3. The first kappa shape index (κ1) is 23.7. The van der Waals surface area contributed by atoms with Crippen molar-refractivity contribution in [2.24, 2.45) is 5.92 Å². The van der Waals surface area contributed by atoms with E-state index in [-0.39, 0.29) is 30.7 Å². The van der Waals surface area contributed by atoms with Crippen molar-refractivity contribution >= 4 is 42.3 Å². The number of aromatic nitrogens is 1. The molecule has 1 saturated heterocycles. The Bertz CT molecular complexity index is 717. The third-order valence-electron chi connectivity index (χ3n) is 4.87. The quantitative estimate of drug-likeness (QED) is 0.747. The van der Waals surface area contributed by atoms with Crippen LogP contribution in [0, 0.1) is 5.92 Å². The molecule has 1 aliphatic heterocycles. The molecule has 0 bridgehead atoms. The molecule has 148 valence electrons. The van der Waals surface area contributed by atoms with E-state index in [2.05, 4.69) is 10.3 Å². The van der Waals surface area contributed by atoms with Gasteiger partial charge in [-0.05, 0) is 62.5 Å². The van der Waals surface area contributed by atoms with Crippen molar-refractivity contribution in [3.05, 3.63) is 53.3 Å². The molecule has 0 unspecified atom stereocenters. The predicted octanol–water partition coefficient (Wildman–Crippen LogP) is 4.71. The largest absolute Gasteiger partial charge is 0.339 e. The molecule has 1 aromatic heterocycles. The zero-order chi connectivity index (χ0) is 17.6. The molecule has 1 aliphatic rings. The second-order valence-electron chi connectivity index (χ2n) is 6.60. The molecule has 1 N–H and O–H groups in total. The minimum Gasteiger partial charge on any atom is -0.339 e. The number of rotatable bonds is 5. The van der Waals surface area contributed by atoms with Gasteiger partial charge in [0.1, 0.15) is 0 Å². The van der Waals surface area contributed by atoms with Crippen LogP contribution in [0.3, 0.4) is 0 Å². The van der Waals surface area contributed by atoms with Crippen LogP contribution in [0.25, 0.3) is 11.1 Å². The lowest BCUT2D eigenvalue weighted by Crippen LogP contribution is -2.39. The second kappa shape index (κ2) is 11.5. The first-order chi connectivity index (χ1) is 12.2. The molecule has 0 atom stereocenters. The summed E-state index contributed by atoms with van der Waals surface area (Å²) < 4.78 is 0. The van der Waals surface area contributed by atoms with Crippen molar-refractivity contribution < 1.29 is 4.79 Å². The Morgan fingerprint density at radius 1 is 1.15 bits per heavy atom. The number of carbonyl (C=O) groups is 1. The van der Waals surface area contributed by atoms with Crippen LogP contribution >= 0.6 is 36.4 Å². The molecule has 4 nitrogen and oxygen atoms in total. The Hall–Kier alpha value is -1.33. The average Bonchev–Trinajstić information content (AvgIpc) is 2.67. The second-order valence-corrected chi connectivity index (χ2v) is 7.03. The monoisotopic (exact) mass is 429 g/mol. The minimum atomic E-state index is 0. The number of nitrogens with zero attached hydrogens (tertiary/aromatic N) is 2. The summed E-state index contributed by atoms with van der Waals surface area (Å²) in [5.74, 6) is 0.797. The molecule has 0 saturated carbocycles. The molecule has 2 aromatic rings. The Kier molecular flexibility index (Phi) is 10.1. The Morgan fingerprint density at radius 3 is 2.44 bits per heavy atom. The maximum absolute atomic E-state index is 12.8. The van der Waals surface area contributed by atoms with Crippen LogP contribution in [0.5, 0.6) is 0 Å². The fraction of sp³-hybridized carbons (Fsp3) is 0.400. The molecule has 0 spiro atoms. The van der Waals surface area contributed by atoms with Crippen molar-refractivity contribution in [2.45, 2.75) is 19.3 Å². The topological polar surface area (TPSA) is 45.2 Å². The van der Waals surface area contributed by atoms with Crippen LogP contribution in [0.2, 0.25) is 5.02 Å². The van der Waals surface area contributed by atoms with E-state index in [9.17, 15) is 4.79 Å². The zero-order valence-corrected chi connectivity index (χ0v) is 17.7. The average molecular weight is 431 g/mol. The maximum atomic E-state index is 12.8. The van der Waals surface area contributed by atoms with Crippen LogP contribution in [-0.4, -0.2) is 42.5 Å². The predicted molar refractivity (Wildman–Crippen MR) is 116 cm³/mol. The molecule has 0 aliphatic carbocycles. The molecular formula is C20H26Cl3N3O. The summed E-state index contributed by atoms with van der Waals surface area (Å²) in [5, 5.41) is 3.90. The highest BCUT2D eigenvalue weighted by Gasteiger charge is 2.23. The molecular weight excluding hydrogens is 405 g/mol. The summed E-state index contributed by atoms with van der Waals surface area (Å²) in [7, 11) is 1.99. The number of pyridine rings is 1. The van der Waals surface area contributed by atoms with Gasteiger partial charge in [-0.2, -0.15) is 0 Å². The van der Waals surface area contributed by atoms with Gasteiger partial charge in [-0.15, -0.1) is 24.8 Å². The van der Waals surface area contributed by atoms with Gasteiger partial charge < -0.3 is 10.2 Å². The summed E-state index contributed by atoms with van der Waals surface area (Å²) >= 11 is 5.95. The van der Waals surface area contributed by atoms with E-state index in [0.29, 0.717) is 10.6 Å². The maximum Gasteiger partial charge on any atom is 0.255 e. The molecule has 0 radical (unpaired) electrons. The van der Waals surface area contributed by atoms with E-state index in [1.165, 1.54) is 6.42 Å². The van der Waals surface area contributed by atoms with Crippen molar-refractivity contribution in [1.29, 1.82) is 0 Å². The van der Waals surface area contributed by atoms with Gasteiger partial charge in [0.05, 0.1) is 5.56 Å².